The van der Waals surface area contributed by atoms with Crippen LogP contribution in [0.1, 0.15) is 24.3 Å². The first-order chi connectivity index (χ1) is 9.97. The molecule has 1 amide bonds. The van der Waals surface area contributed by atoms with E-state index in [1.807, 2.05) is 13.8 Å². The molecule has 7 heteroatoms. The van der Waals surface area contributed by atoms with Crippen molar-refractivity contribution < 1.29 is 4.79 Å². The lowest BCUT2D eigenvalue weighted by Gasteiger charge is -2.10. The molecule has 21 heavy (non-hydrogen) atoms. The summed E-state index contributed by atoms with van der Waals surface area (Å²) in [6, 6.07) is 5.22. The monoisotopic (exact) mass is 324 g/mol. The van der Waals surface area contributed by atoms with Crippen molar-refractivity contribution in [3.63, 3.8) is 0 Å². The molecule has 0 saturated carbocycles. The van der Waals surface area contributed by atoms with Gasteiger partial charge in [0.1, 0.15) is 11.5 Å². The molecular weight excluding hydrogens is 311 g/mol. The van der Waals surface area contributed by atoms with Crippen molar-refractivity contribution in [1.29, 1.82) is 0 Å². The predicted octanol–water partition coefficient (Wildman–Crippen LogP) is 3.67. The summed E-state index contributed by atoms with van der Waals surface area (Å²) in [5.74, 6) is 0.186. The summed E-state index contributed by atoms with van der Waals surface area (Å²) < 4.78 is 0. The first-order valence-corrected chi connectivity index (χ1v) is 7.07. The lowest BCUT2D eigenvalue weighted by atomic mass is 10.3. The van der Waals surface area contributed by atoms with Crippen molar-refractivity contribution in [2.75, 3.05) is 5.32 Å². The molecule has 2 rings (SSSR count). The van der Waals surface area contributed by atoms with Gasteiger partial charge in [-0.15, -0.1) is 0 Å². The first kappa shape index (κ1) is 15.5. The van der Waals surface area contributed by atoms with Crippen molar-refractivity contribution in [3.05, 3.63) is 46.3 Å². The molecule has 0 saturated heterocycles. The Kier molecular flexibility index (Phi) is 4.98. The van der Waals surface area contributed by atoms with E-state index in [1.54, 1.807) is 18.2 Å². The number of amides is 1. The number of benzene rings is 1. The number of hydrogen-bond acceptors (Lipinski definition) is 4. The minimum absolute atomic E-state index is 0.0408. The maximum Gasteiger partial charge on any atom is 0.271 e. The van der Waals surface area contributed by atoms with E-state index in [4.69, 9.17) is 23.2 Å². The average Bonchev–Trinajstić information content (AvgIpc) is 2.43. The van der Waals surface area contributed by atoms with E-state index in [-0.39, 0.29) is 17.6 Å². The van der Waals surface area contributed by atoms with Gasteiger partial charge in [0.25, 0.3) is 5.91 Å². The van der Waals surface area contributed by atoms with E-state index in [0.717, 1.165) is 0 Å². The molecule has 5 nitrogen and oxygen atoms in total. The van der Waals surface area contributed by atoms with Gasteiger partial charge >= 0.3 is 0 Å². The number of halogens is 2. The summed E-state index contributed by atoms with van der Waals surface area (Å²) in [6.07, 6.45) is 2.85. The molecule has 0 bridgehead atoms. The van der Waals surface area contributed by atoms with Crippen LogP contribution in [0, 0.1) is 0 Å². The van der Waals surface area contributed by atoms with Gasteiger partial charge in [-0.25, -0.2) is 9.97 Å². The molecule has 1 aromatic heterocycles. The van der Waals surface area contributed by atoms with Crippen molar-refractivity contribution in [1.82, 2.24) is 15.3 Å². The van der Waals surface area contributed by atoms with Gasteiger partial charge in [0.05, 0.1) is 28.1 Å². The Morgan fingerprint density at radius 1 is 1.14 bits per heavy atom. The summed E-state index contributed by atoms with van der Waals surface area (Å²) >= 11 is 12.1. The van der Waals surface area contributed by atoms with E-state index in [9.17, 15) is 4.79 Å². The highest BCUT2D eigenvalue weighted by Gasteiger charge is 2.10. The summed E-state index contributed by atoms with van der Waals surface area (Å²) in [6.45, 7) is 3.75. The van der Waals surface area contributed by atoms with Gasteiger partial charge in [0.15, 0.2) is 0 Å². The van der Waals surface area contributed by atoms with Crippen LogP contribution < -0.4 is 10.6 Å². The second kappa shape index (κ2) is 6.74. The Morgan fingerprint density at radius 3 is 2.33 bits per heavy atom. The SMILES string of the molecule is CC(C)NC(=O)c1cnc(Nc2c(Cl)cccc2Cl)cn1. The van der Waals surface area contributed by atoms with Gasteiger partial charge in [-0.05, 0) is 26.0 Å². The van der Waals surface area contributed by atoms with E-state index >= 15 is 0 Å². The van der Waals surface area contributed by atoms with Crippen LogP contribution in [0.5, 0.6) is 0 Å². The lowest BCUT2D eigenvalue weighted by Crippen LogP contribution is -2.30. The predicted molar refractivity (Wildman–Crippen MR) is 84.4 cm³/mol. The molecule has 0 spiro atoms. The average molecular weight is 325 g/mol. The number of para-hydroxylation sites is 1. The van der Waals surface area contributed by atoms with Crippen LogP contribution in [0.15, 0.2) is 30.6 Å². The first-order valence-electron chi connectivity index (χ1n) is 6.31. The molecule has 0 radical (unpaired) electrons. The largest absolute Gasteiger partial charge is 0.348 e. The topological polar surface area (TPSA) is 66.9 Å². The number of nitrogens with zero attached hydrogens (tertiary/aromatic N) is 2. The zero-order valence-corrected chi connectivity index (χ0v) is 13.0. The van der Waals surface area contributed by atoms with Crippen molar-refractivity contribution in [3.8, 4) is 0 Å². The summed E-state index contributed by atoms with van der Waals surface area (Å²) in [5.41, 5.74) is 0.800. The molecule has 0 unspecified atom stereocenters. The van der Waals surface area contributed by atoms with Crippen LogP contribution in [0.25, 0.3) is 0 Å². The van der Waals surface area contributed by atoms with Crippen LogP contribution in [-0.2, 0) is 0 Å². The van der Waals surface area contributed by atoms with E-state index in [1.165, 1.54) is 12.4 Å². The number of aromatic nitrogens is 2. The number of hydrogen-bond donors (Lipinski definition) is 2. The van der Waals surface area contributed by atoms with Gasteiger partial charge < -0.3 is 10.6 Å². The maximum atomic E-state index is 11.8. The third kappa shape index (κ3) is 4.06. The minimum atomic E-state index is -0.264. The van der Waals surface area contributed by atoms with E-state index in [2.05, 4.69) is 20.6 Å². The van der Waals surface area contributed by atoms with Crippen molar-refractivity contribution in [2.24, 2.45) is 0 Å². The van der Waals surface area contributed by atoms with Crippen LogP contribution in [0.4, 0.5) is 11.5 Å². The molecule has 0 aliphatic carbocycles. The van der Waals surface area contributed by atoms with Crippen LogP contribution in [-0.4, -0.2) is 21.9 Å². The van der Waals surface area contributed by atoms with Gasteiger partial charge in [-0.1, -0.05) is 29.3 Å². The Hall–Kier alpha value is -1.85. The molecule has 110 valence electrons. The van der Waals surface area contributed by atoms with Gasteiger partial charge in [0.2, 0.25) is 0 Å². The fourth-order valence-corrected chi connectivity index (χ4v) is 2.08. The Balaban J connectivity index is 2.15. The molecule has 0 aliphatic rings. The molecule has 1 heterocycles. The number of carbonyl (C=O) groups is 1. The van der Waals surface area contributed by atoms with Crippen LogP contribution in [0.3, 0.4) is 0 Å². The number of rotatable bonds is 4. The molecule has 0 aliphatic heterocycles. The minimum Gasteiger partial charge on any atom is -0.348 e. The Morgan fingerprint density at radius 2 is 1.81 bits per heavy atom. The van der Waals surface area contributed by atoms with Crippen LogP contribution in [0.2, 0.25) is 10.0 Å². The second-order valence-corrected chi connectivity index (χ2v) is 5.45. The highest BCUT2D eigenvalue weighted by molar-refractivity contribution is 6.39. The molecule has 2 N–H and O–H groups in total. The summed E-state index contributed by atoms with van der Waals surface area (Å²) in [5, 5.41) is 6.68. The van der Waals surface area contributed by atoms with Gasteiger partial charge in [-0.3, -0.25) is 4.79 Å². The summed E-state index contributed by atoms with van der Waals surface area (Å²) in [4.78, 5) is 20.0. The zero-order valence-electron chi connectivity index (χ0n) is 11.5. The number of nitrogens with one attached hydrogen (secondary N) is 2. The second-order valence-electron chi connectivity index (χ2n) is 4.64. The van der Waals surface area contributed by atoms with Crippen molar-refractivity contribution in [2.45, 2.75) is 19.9 Å². The van der Waals surface area contributed by atoms with E-state index in [0.29, 0.717) is 21.6 Å². The number of anilines is 2. The highest BCUT2D eigenvalue weighted by atomic mass is 35.5. The van der Waals surface area contributed by atoms with Crippen LogP contribution >= 0.6 is 23.2 Å². The Labute approximate surface area is 132 Å². The Bertz CT molecular complexity index is 624. The third-order valence-corrected chi connectivity index (χ3v) is 3.15. The normalized spacial score (nSPS) is 10.5. The van der Waals surface area contributed by atoms with Gasteiger partial charge in [0, 0.05) is 6.04 Å². The molecular formula is C14H14Cl2N4O. The fraction of sp³-hybridized carbons (Fsp3) is 0.214. The maximum absolute atomic E-state index is 11.8. The number of carbonyl (C=O) groups excluding carboxylic acids is 1. The highest BCUT2D eigenvalue weighted by Crippen LogP contribution is 2.31. The standard InChI is InChI=1S/C14H14Cl2N4O/c1-8(2)19-14(21)11-6-18-12(7-17-11)20-13-9(15)4-3-5-10(13)16/h3-8H,1-2H3,(H,18,20)(H,19,21). The molecule has 0 atom stereocenters. The smallest absolute Gasteiger partial charge is 0.271 e. The van der Waals surface area contributed by atoms with Crippen molar-refractivity contribution >= 4 is 40.6 Å². The molecule has 0 fully saturated rings. The third-order valence-electron chi connectivity index (χ3n) is 2.52. The summed E-state index contributed by atoms with van der Waals surface area (Å²) in [7, 11) is 0. The quantitative estimate of drug-likeness (QED) is 0.900. The zero-order chi connectivity index (χ0) is 15.4. The molecule has 2 aromatic rings. The van der Waals surface area contributed by atoms with Gasteiger partial charge in [-0.2, -0.15) is 0 Å². The fourth-order valence-electron chi connectivity index (χ4n) is 1.59. The van der Waals surface area contributed by atoms with E-state index < -0.39 is 0 Å². The molecule has 1 aromatic carbocycles. The lowest BCUT2D eigenvalue weighted by molar-refractivity contribution is 0.0937.